The standard InChI is InChI=1S/C27H31FN4O2/c1-3-13-31(4-2)15-12-30-24-10-9-22(16-20(24)18-29)32-14-11-25-23(27(32)33)17-26(34-25)19-5-7-21(28)8-6-19/h5-11,14,16-18,27,29-30,33H,3-4,12-13,15H2,1-2H3. The molecule has 2 aromatic carbocycles. The van der Waals surface area contributed by atoms with Crippen molar-refractivity contribution < 1.29 is 13.9 Å². The molecule has 3 N–H and O–H groups in total. The van der Waals surface area contributed by atoms with Gasteiger partial charge in [0.05, 0.1) is 0 Å². The Morgan fingerprint density at radius 1 is 1.15 bits per heavy atom. The van der Waals surface area contributed by atoms with Crippen molar-refractivity contribution in [3.63, 3.8) is 0 Å². The van der Waals surface area contributed by atoms with Crippen molar-refractivity contribution in [2.24, 2.45) is 0 Å². The molecule has 7 heteroatoms. The third-order valence-corrected chi connectivity index (χ3v) is 6.07. The van der Waals surface area contributed by atoms with Gasteiger partial charge in [0.15, 0.2) is 6.23 Å². The number of nitrogens with one attached hydrogen (secondary N) is 2. The van der Waals surface area contributed by atoms with E-state index in [1.807, 2.05) is 18.2 Å². The predicted octanol–water partition coefficient (Wildman–Crippen LogP) is 5.71. The Morgan fingerprint density at radius 2 is 1.94 bits per heavy atom. The summed E-state index contributed by atoms with van der Waals surface area (Å²) in [6.07, 6.45) is 5.08. The van der Waals surface area contributed by atoms with Crippen molar-refractivity contribution in [3.8, 4) is 11.3 Å². The van der Waals surface area contributed by atoms with Gasteiger partial charge in [0, 0.05) is 53.6 Å². The summed E-state index contributed by atoms with van der Waals surface area (Å²) in [7, 11) is 0. The first-order valence-electron chi connectivity index (χ1n) is 11.7. The van der Waals surface area contributed by atoms with E-state index in [0.717, 1.165) is 55.1 Å². The van der Waals surface area contributed by atoms with Gasteiger partial charge in [-0.1, -0.05) is 13.8 Å². The van der Waals surface area contributed by atoms with Crippen LogP contribution in [0.5, 0.6) is 0 Å². The maximum atomic E-state index is 13.3. The van der Waals surface area contributed by atoms with Crippen molar-refractivity contribution in [1.82, 2.24) is 4.90 Å². The van der Waals surface area contributed by atoms with Gasteiger partial charge in [-0.3, -0.25) is 0 Å². The molecular weight excluding hydrogens is 431 g/mol. The number of benzene rings is 2. The fourth-order valence-electron chi connectivity index (χ4n) is 4.20. The van der Waals surface area contributed by atoms with E-state index in [1.54, 1.807) is 35.4 Å². The highest BCUT2D eigenvalue weighted by Crippen LogP contribution is 2.38. The van der Waals surface area contributed by atoms with Crippen LogP contribution in [0.2, 0.25) is 0 Å². The number of rotatable bonds is 10. The number of anilines is 2. The Balaban J connectivity index is 1.49. The van der Waals surface area contributed by atoms with Gasteiger partial charge in [-0.05, 0) is 74.1 Å². The zero-order valence-electron chi connectivity index (χ0n) is 19.6. The maximum absolute atomic E-state index is 13.3. The fraction of sp³-hybridized carbons (Fsp3) is 0.296. The molecule has 0 radical (unpaired) electrons. The van der Waals surface area contributed by atoms with Gasteiger partial charge in [0.1, 0.15) is 17.3 Å². The van der Waals surface area contributed by atoms with Crippen molar-refractivity contribution >= 4 is 23.7 Å². The number of likely N-dealkylation sites (N-methyl/N-ethyl adjacent to an activating group) is 1. The Kier molecular flexibility index (Phi) is 7.45. The molecule has 1 aliphatic heterocycles. The molecule has 1 aliphatic rings. The maximum Gasteiger partial charge on any atom is 0.160 e. The van der Waals surface area contributed by atoms with Crippen LogP contribution < -0.4 is 10.2 Å². The van der Waals surface area contributed by atoms with Crippen LogP contribution >= 0.6 is 0 Å². The number of fused-ring (bicyclic) bond motifs is 1. The molecule has 34 heavy (non-hydrogen) atoms. The molecule has 1 unspecified atom stereocenters. The first-order valence-corrected chi connectivity index (χ1v) is 11.7. The molecule has 4 rings (SSSR count). The molecule has 6 nitrogen and oxygen atoms in total. The van der Waals surface area contributed by atoms with E-state index >= 15 is 0 Å². The van der Waals surface area contributed by atoms with Crippen molar-refractivity contribution in [2.75, 3.05) is 36.4 Å². The summed E-state index contributed by atoms with van der Waals surface area (Å²) in [5.74, 6) is 0.829. The normalized spacial score (nSPS) is 15.0. The summed E-state index contributed by atoms with van der Waals surface area (Å²) in [6.45, 7) is 8.18. The van der Waals surface area contributed by atoms with Crippen LogP contribution in [0.1, 0.15) is 43.4 Å². The lowest BCUT2D eigenvalue weighted by Gasteiger charge is -2.29. The second kappa shape index (κ2) is 10.7. The van der Waals surface area contributed by atoms with E-state index in [0.29, 0.717) is 17.1 Å². The lowest BCUT2D eigenvalue weighted by Crippen LogP contribution is -2.29. The first kappa shape index (κ1) is 23.7. The Hall–Kier alpha value is -3.42. The van der Waals surface area contributed by atoms with E-state index in [-0.39, 0.29) is 5.82 Å². The molecule has 0 aliphatic carbocycles. The van der Waals surface area contributed by atoms with Crippen molar-refractivity contribution in [1.29, 1.82) is 5.41 Å². The van der Waals surface area contributed by atoms with Gasteiger partial charge in [-0.15, -0.1) is 0 Å². The quantitative estimate of drug-likeness (QED) is 0.337. The molecule has 1 atom stereocenters. The first-order chi connectivity index (χ1) is 16.5. The minimum atomic E-state index is -0.942. The average molecular weight is 463 g/mol. The average Bonchev–Trinajstić information content (AvgIpc) is 3.29. The molecule has 2 heterocycles. The Bertz CT molecular complexity index is 1160. The van der Waals surface area contributed by atoms with Crippen LogP contribution in [0.4, 0.5) is 15.8 Å². The molecule has 0 amide bonds. The zero-order chi connectivity index (χ0) is 24.1. The molecular formula is C27H31FN4O2. The largest absolute Gasteiger partial charge is 0.456 e. The summed E-state index contributed by atoms with van der Waals surface area (Å²) in [4.78, 5) is 4.13. The lowest BCUT2D eigenvalue weighted by molar-refractivity contribution is 0.180. The van der Waals surface area contributed by atoms with Crippen LogP contribution in [0, 0.1) is 11.2 Å². The van der Waals surface area contributed by atoms with E-state index in [9.17, 15) is 9.50 Å². The second-order valence-corrected chi connectivity index (χ2v) is 8.31. The Labute approximate surface area is 199 Å². The van der Waals surface area contributed by atoms with E-state index in [2.05, 4.69) is 24.1 Å². The highest BCUT2D eigenvalue weighted by molar-refractivity contribution is 5.88. The molecule has 0 saturated carbocycles. The number of aliphatic hydroxyl groups is 1. The van der Waals surface area contributed by atoms with Crippen LogP contribution in [0.15, 0.2) is 59.1 Å². The lowest BCUT2D eigenvalue weighted by atomic mass is 10.1. The molecule has 0 spiro atoms. The number of halogens is 1. The summed E-state index contributed by atoms with van der Waals surface area (Å²) in [5.41, 5.74) is 3.79. The molecule has 0 saturated heterocycles. The third kappa shape index (κ3) is 5.05. The van der Waals surface area contributed by atoms with Crippen molar-refractivity contribution in [3.05, 3.63) is 77.4 Å². The second-order valence-electron chi connectivity index (χ2n) is 8.31. The molecule has 3 aromatic rings. The summed E-state index contributed by atoms with van der Waals surface area (Å²) in [5, 5.41) is 22.4. The van der Waals surface area contributed by atoms with Gasteiger partial charge in [-0.2, -0.15) is 0 Å². The smallest absolute Gasteiger partial charge is 0.160 e. The SMILES string of the molecule is CCCN(CC)CCNc1ccc(N2C=Cc3oc(-c4ccc(F)cc4)cc3C2O)cc1C=N. The highest BCUT2D eigenvalue weighted by atomic mass is 19.1. The topological polar surface area (TPSA) is 75.7 Å². The number of aliphatic hydroxyl groups excluding tert-OH is 1. The molecule has 0 fully saturated rings. The summed E-state index contributed by atoms with van der Waals surface area (Å²) in [6, 6.07) is 13.6. The summed E-state index contributed by atoms with van der Waals surface area (Å²) >= 11 is 0. The van der Waals surface area contributed by atoms with Crippen LogP contribution in [0.25, 0.3) is 17.4 Å². The van der Waals surface area contributed by atoms with Gasteiger partial charge in [0.2, 0.25) is 0 Å². The fourth-order valence-corrected chi connectivity index (χ4v) is 4.20. The predicted molar refractivity (Wildman–Crippen MR) is 136 cm³/mol. The van der Waals surface area contributed by atoms with E-state index in [1.165, 1.54) is 18.3 Å². The van der Waals surface area contributed by atoms with Crippen molar-refractivity contribution in [2.45, 2.75) is 26.5 Å². The van der Waals surface area contributed by atoms with Crippen LogP contribution in [0.3, 0.4) is 0 Å². The Morgan fingerprint density at radius 3 is 2.65 bits per heavy atom. The van der Waals surface area contributed by atoms with Crippen LogP contribution in [-0.4, -0.2) is 42.4 Å². The monoisotopic (exact) mass is 462 g/mol. The van der Waals surface area contributed by atoms with Gasteiger partial charge < -0.3 is 30.0 Å². The number of hydrogen-bond donors (Lipinski definition) is 3. The van der Waals surface area contributed by atoms with Gasteiger partial charge in [-0.25, -0.2) is 4.39 Å². The van der Waals surface area contributed by atoms with E-state index in [4.69, 9.17) is 9.83 Å². The van der Waals surface area contributed by atoms with E-state index < -0.39 is 6.23 Å². The molecule has 178 valence electrons. The number of hydrogen-bond acceptors (Lipinski definition) is 6. The van der Waals surface area contributed by atoms with Crippen LogP contribution in [-0.2, 0) is 0 Å². The minimum absolute atomic E-state index is 0.310. The molecule has 0 bridgehead atoms. The number of furan rings is 1. The third-order valence-electron chi connectivity index (χ3n) is 6.07. The van der Waals surface area contributed by atoms with Gasteiger partial charge >= 0.3 is 0 Å². The van der Waals surface area contributed by atoms with Gasteiger partial charge in [0.25, 0.3) is 0 Å². The molecule has 1 aromatic heterocycles. The highest BCUT2D eigenvalue weighted by Gasteiger charge is 2.27. The minimum Gasteiger partial charge on any atom is -0.456 e. The zero-order valence-corrected chi connectivity index (χ0v) is 19.6. The summed E-state index contributed by atoms with van der Waals surface area (Å²) < 4.78 is 19.2. The number of nitrogens with zero attached hydrogens (tertiary/aromatic N) is 2.